The molecule has 33 heavy (non-hydrogen) atoms. The summed E-state index contributed by atoms with van der Waals surface area (Å²) in [7, 11) is 3.22. The maximum absolute atomic E-state index is 12.9. The number of carbonyl (C=O) groups is 1. The van der Waals surface area contributed by atoms with Gasteiger partial charge in [-0.1, -0.05) is 18.2 Å². The molecule has 0 aliphatic heterocycles. The van der Waals surface area contributed by atoms with Crippen LogP contribution in [0.25, 0.3) is 11.0 Å². The molecule has 1 aromatic heterocycles. The number of carbonyl (C=O) groups excluding carboxylic acids is 1. The maximum Gasteiger partial charge on any atom is 0.244 e. The fourth-order valence-corrected chi connectivity index (χ4v) is 3.76. The van der Waals surface area contributed by atoms with Gasteiger partial charge in [-0.2, -0.15) is 0 Å². The summed E-state index contributed by atoms with van der Waals surface area (Å²) >= 11 is 0. The fourth-order valence-electron chi connectivity index (χ4n) is 3.76. The third-order valence-corrected chi connectivity index (χ3v) is 5.29. The van der Waals surface area contributed by atoms with Crippen molar-refractivity contribution in [2.75, 3.05) is 26.1 Å². The number of nitrogens with zero attached hydrogens (tertiary/aromatic N) is 2. The number of hydrogen-bond donors (Lipinski definition) is 1. The smallest absolute Gasteiger partial charge is 0.244 e. The van der Waals surface area contributed by atoms with Gasteiger partial charge >= 0.3 is 0 Å². The van der Waals surface area contributed by atoms with Crippen molar-refractivity contribution in [3.8, 4) is 17.2 Å². The predicted molar refractivity (Wildman–Crippen MR) is 128 cm³/mol. The van der Waals surface area contributed by atoms with Gasteiger partial charge in [-0.15, -0.1) is 0 Å². The van der Waals surface area contributed by atoms with Gasteiger partial charge in [-0.05, 0) is 61.0 Å². The zero-order valence-corrected chi connectivity index (χ0v) is 19.0. The van der Waals surface area contributed by atoms with Gasteiger partial charge in [0.25, 0.3) is 0 Å². The molecule has 0 atom stereocenters. The Morgan fingerprint density at radius 1 is 0.970 bits per heavy atom. The second kappa shape index (κ2) is 10.1. The highest BCUT2D eigenvalue weighted by Crippen LogP contribution is 2.29. The van der Waals surface area contributed by atoms with E-state index in [0.29, 0.717) is 30.2 Å². The number of rotatable bonds is 9. The first-order chi connectivity index (χ1) is 16.1. The van der Waals surface area contributed by atoms with Crippen molar-refractivity contribution in [1.29, 1.82) is 0 Å². The predicted octanol–water partition coefficient (Wildman–Crippen LogP) is 4.68. The van der Waals surface area contributed by atoms with Crippen LogP contribution in [0.5, 0.6) is 17.2 Å². The Hall–Kier alpha value is -4.00. The molecule has 0 saturated heterocycles. The summed E-state index contributed by atoms with van der Waals surface area (Å²) in [5, 5.41) is 2.96. The van der Waals surface area contributed by atoms with E-state index in [9.17, 15) is 4.79 Å². The highest BCUT2D eigenvalue weighted by atomic mass is 16.5. The summed E-state index contributed by atoms with van der Waals surface area (Å²) in [5.41, 5.74) is 3.49. The number of nitrogens with one attached hydrogen (secondary N) is 1. The van der Waals surface area contributed by atoms with Crippen LogP contribution in [-0.2, 0) is 17.8 Å². The van der Waals surface area contributed by atoms with Crippen molar-refractivity contribution < 1.29 is 19.0 Å². The molecule has 4 aromatic rings. The zero-order chi connectivity index (χ0) is 23.2. The van der Waals surface area contributed by atoms with Crippen LogP contribution in [0.1, 0.15) is 18.3 Å². The highest BCUT2D eigenvalue weighted by molar-refractivity contribution is 5.91. The first-order valence-corrected chi connectivity index (χ1v) is 10.8. The third-order valence-electron chi connectivity index (χ3n) is 5.29. The number of para-hydroxylation sites is 2. The topological polar surface area (TPSA) is 74.6 Å². The van der Waals surface area contributed by atoms with Gasteiger partial charge in [0.05, 0.1) is 31.9 Å². The van der Waals surface area contributed by atoms with Crippen LogP contribution in [0.15, 0.2) is 66.7 Å². The molecule has 0 aliphatic carbocycles. The zero-order valence-electron chi connectivity index (χ0n) is 19.0. The molecule has 1 heterocycles. The first-order valence-electron chi connectivity index (χ1n) is 10.8. The Balaban J connectivity index is 1.58. The van der Waals surface area contributed by atoms with E-state index in [1.807, 2.05) is 78.2 Å². The van der Waals surface area contributed by atoms with Crippen LogP contribution in [0, 0.1) is 0 Å². The molecule has 4 rings (SSSR count). The van der Waals surface area contributed by atoms with Crippen molar-refractivity contribution in [1.82, 2.24) is 9.55 Å². The number of imidazole rings is 1. The number of benzene rings is 3. The SMILES string of the molecule is CCOc1ccc(NC(=O)Cn2c(Cc3ccc(OC)c(OC)c3)nc3ccccc32)cc1. The molecule has 0 spiro atoms. The Bertz CT molecular complexity index is 1250. The molecule has 7 nitrogen and oxygen atoms in total. The minimum Gasteiger partial charge on any atom is -0.494 e. The van der Waals surface area contributed by atoms with Gasteiger partial charge in [-0.3, -0.25) is 4.79 Å². The van der Waals surface area contributed by atoms with E-state index in [1.54, 1.807) is 14.2 Å². The van der Waals surface area contributed by atoms with Crippen molar-refractivity contribution in [3.05, 3.63) is 78.1 Å². The largest absolute Gasteiger partial charge is 0.494 e. The summed E-state index contributed by atoms with van der Waals surface area (Å²) in [5.74, 6) is 2.77. The molecular formula is C26H27N3O4. The molecule has 7 heteroatoms. The Morgan fingerprint density at radius 3 is 2.45 bits per heavy atom. The molecule has 1 N–H and O–H groups in total. The minimum atomic E-state index is -0.129. The van der Waals surface area contributed by atoms with Crippen molar-refractivity contribution in [2.45, 2.75) is 19.9 Å². The van der Waals surface area contributed by atoms with E-state index in [-0.39, 0.29) is 12.5 Å². The van der Waals surface area contributed by atoms with E-state index < -0.39 is 0 Å². The lowest BCUT2D eigenvalue weighted by atomic mass is 10.1. The summed E-state index contributed by atoms with van der Waals surface area (Å²) < 4.78 is 18.2. The van der Waals surface area contributed by atoms with E-state index in [1.165, 1.54) is 0 Å². The molecule has 170 valence electrons. The second-order valence-electron chi connectivity index (χ2n) is 7.47. The monoisotopic (exact) mass is 445 g/mol. The Labute approximate surface area is 192 Å². The van der Waals surface area contributed by atoms with Crippen LogP contribution in [0.3, 0.4) is 0 Å². The average molecular weight is 446 g/mol. The van der Waals surface area contributed by atoms with Crippen LogP contribution >= 0.6 is 0 Å². The normalized spacial score (nSPS) is 10.8. The summed E-state index contributed by atoms with van der Waals surface area (Å²) in [4.78, 5) is 17.7. The van der Waals surface area contributed by atoms with E-state index in [2.05, 4.69) is 5.32 Å². The van der Waals surface area contributed by atoms with Gasteiger partial charge in [0.15, 0.2) is 11.5 Å². The van der Waals surface area contributed by atoms with E-state index >= 15 is 0 Å². The lowest BCUT2D eigenvalue weighted by molar-refractivity contribution is -0.116. The summed E-state index contributed by atoms with van der Waals surface area (Å²) in [6, 6.07) is 21.0. The number of fused-ring (bicyclic) bond motifs is 1. The van der Waals surface area contributed by atoms with Crippen LogP contribution in [0.2, 0.25) is 0 Å². The highest BCUT2D eigenvalue weighted by Gasteiger charge is 2.15. The number of methoxy groups -OCH3 is 2. The lowest BCUT2D eigenvalue weighted by Crippen LogP contribution is -2.20. The average Bonchev–Trinajstić information content (AvgIpc) is 3.17. The molecule has 0 saturated carbocycles. The summed E-state index contributed by atoms with van der Waals surface area (Å²) in [6.45, 7) is 2.68. The van der Waals surface area contributed by atoms with Crippen molar-refractivity contribution >= 4 is 22.6 Å². The molecule has 1 amide bonds. The molecule has 0 fully saturated rings. The van der Waals surface area contributed by atoms with Crippen LogP contribution in [0.4, 0.5) is 5.69 Å². The van der Waals surface area contributed by atoms with Gasteiger partial charge < -0.3 is 24.1 Å². The van der Waals surface area contributed by atoms with Crippen molar-refractivity contribution in [2.24, 2.45) is 0 Å². The van der Waals surface area contributed by atoms with Crippen LogP contribution < -0.4 is 19.5 Å². The number of amides is 1. The lowest BCUT2D eigenvalue weighted by Gasteiger charge is -2.12. The number of anilines is 1. The second-order valence-corrected chi connectivity index (χ2v) is 7.47. The van der Waals surface area contributed by atoms with E-state index in [4.69, 9.17) is 19.2 Å². The minimum absolute atomic E-state index is 0.129. The van der Waals surface area contributed by atoms with E-state index in [0.717, 1.165) is 28.2 Å². The van der Waals surface area contributed by atoms with Crippen molar-refractivity contribution in [3.63, 3.8) is 0 Å². The number of aromatic nitrogens is 2. The van der Waals surface area contributed by atoms with Gasteiger partial charge in [0.1, 0.15) is 18.1 Å². The number of hydrogen-bond acceptors (Lipinski definition) is 5. The quantitative estimate of drug-likeness (QED) is 0.405. The standard InChI is InChI=1S/C26H27N3O4/c1-4-33-20-12-10-19(11-13-20)27-26(30)17-29-22-8-6-5-7-21(22)28-25(29)16-18-9-14-23(31-2)24(15-18)32-3/h5-15H,4,16-17H2,1-3H3,(H,27,30). The van der Waals surface area contributed by atoms with Crippen LogP contribution in [-0.4, -0.2) is 36.3 Å². The molecular weight excluding hydrogens is 418 g/mol. The number of ether oxygens (including phenoxy) is 3. The van der Waals surface area contributed by atoms with Gasteiger partial charge in [0, 0.05) is 12.1 Å². The third kappa shape index (κ3) is 5.09. The Kier molecular flexibility index (Phi) is 6.78. The molecule has 0 radical (unpaired) electrons. The fraction of sp³-hybridized carbons (Fsp3) is 0.231. The first kappa shape index (κ1) is 22.2. The molecule has 0 aliphatic rings. The molecule has 0 unspecified atom stereocenters. The molecule has 0 bridgehead atoms. The van der Waals surface area contributed by atoms with Gasteiger partial charge in [0.2, 0.25) is 5.91 Å². The maximum atomic E-state index is 12.9. The Morgan fingerprint density at radius 2 is 1.73 bits per heavy atom. The molecule has 3 aromatic carbocycles. The summed E-state index contributed by atoms with van der Waals surface area (Å²) in [6.07, 6.45) is 0.547. The van der Waals surface area contributed by atoms with Gasteiger partial charge in [-0.25, -0.2) is 4.98 Å².